The highest BCUT2D eigenvalue weighted by Crippen LogP contribution is 2.39. The van der Waals surface area contributed by atoms with Crippen LogP contribution in [0.15, 0.2) is 0 Å². The molecule has 90 valence electrons. The molecule has 1 aliphatic rings. The number of aliphatic hydroxyl groups is 1. The monoisotopic (exact) mass is 213 g/mol. The number of unbranched alkanes of at least 4 members (excludes halogenated alkanes) is 2. The Hall–Kier alpha value is -0.0800. The maximum Gasteiger partial charge on any atom is 0.0935 e. The van der Waals surface area contributed by atoms with Crippen molar-refractivity contribution >= 4 is 0 Å². The Morgan fingerprint density at radius 2 is 2.00 bits per heavy atom. The van der Waals surface area contributed by atoms with Crippen LogP contribution < -0.4 is 5.32 Å². The molecule has 15 heavy (non-hydrogen) atoms. The molecule has 1 atom stereocenters. The average molecular weight is 213 g/mol. The van der Waals surface area contributed by atoms with E-state index in [2.05, 4.69) is 19.2 Å². The van der Waals surface area contributed by atoms with Gasteiger partial charge in [0.25, 0.3) is 0 Å². The van der Waals surface area contributed by atoms with Crippen molar-refractivity contribution in [3.63, 3.8) is 0 Å². The maximum absolute atomic E-state index is 8.84. The zero-order valence-electron chi connectivity index (χ0n) is 10.4. The fraction of sp³-hybridized carbons (Fsp3) is 1.00. The van der Waals surface area contributed by atoms with Crippen LogP contribution >= 0.6 is 0 Å². The molecule has 2 heteroatoms. The Bertz CT molecular complexity index is 166. The van der Waals surface area contributed by atoms with Gasteiger partial charge < -0.3 is 5.11 Å². The van der Waals surface area contributed by atoms with Gasteiger partial charge in [0.2, 0.25) is 0 Å². The van der Waals surface area contributed by atoms with E-state index in [0.717, 1.165) is 5.92 Å². The van der Waals surface area contributed by atoms with Crippen molar-refractivity contribution in [3.05, 3.63) is 0 Å². The number of aliphatic hydroxyl groups excluding tert-OH is 1. The lowest BCUT2D eigenvalue weighted by molar-refractivity contribution is 0.228. The minimum atomic E-state index is 0.146. The Labute approximate surface area is 94.5 Å². The molecule has 1 unspecified atom stereocenters. The normalized spacial score (nSPS) is 20.2. The molecule has 1 fully saturated rings. The van der Waals surface area contributed by atoms with Gasteiger partial charge in [0.15, 0.2) is 0 Å². The van der Waals surface area contributed by atoms with Gasteiger partial charge in [0, 0.05) is 5.54 Å². The van der Waals surface area contributed by atoms with Crippen LogP contribution in [0.25, 0.3) is 0 Å². The molecule has 0 saturated heterocycles. The first-order valence-electron chi connectivity index (χ1n) is 6.58. The van der Waals surface area contributed by atoms with Crippen LogP contribution in [-0.4, -0.2) is 17.4 Å². The highest BCUT2D eigenvalue weighted by atomic mass is 16.3. The molecule has 2 nitrogen and oxygen atoms in total. The summed E-state index contributed by atoms with van der Waals surface area (Å²) >= 11 is 0. The van der Waals surface area contributed by atoms with Gasteiger partial charge in [-0.2, -0.15) is 0 Å². The summed E-state index contributed by atoms with van der Waals surface area (Å²) in [7, 11) is 0. The lowest BCUT2D eigenvalue weighted by Gasteiger charge is -2.15. The van der Waals surface area contributed by atoms with Crippen molar-refractivity contribution in [2.75, 3.05) is 6.73 Å². The summed E-state index contributed by atoms with van der Waals surface area (Å²) in [6.07, 6.45) is 10.5. The minimum absolute atomic E-state index is 0.146. The van der Waals surface area contributed by atoms with Crippen molar-refractivity contribution < 1.29 is 5.11 Å². The van der Waals surface area contributed by atoms with E-state index in [-0.39, 0.29) is 6.73 Å². The number of nitrogens with one attached hydrogen (secondary N) is 1. The predicted octanol–water partition coefficient (Wildman–Crippen LogP) is 3.06. The maximum atomic E-state index is 8.84. The van der Waals surface area contributed by atoms with E-state index < -0.39 is 0 Å². The van der Waals surface area contributed by atoms with Crippen molar-refractivity contribution in [1.82, 2.24) is 5.32 Å². The molecular formula is C13H27NO. The van der Waals surface area contributed by atoms with E-state index >= 15 is 0 Å². The van der Waals surface area contributed by atoms with Crippen LogP contribution in [-0.2, 0) is 0 Å². The van der Waals surface area contributed by atoms with Gasteiger partial charge in [-0.25, -0.2) is 0 Å². The molecule has 0 aliphatic heterocycles. The fourth-order valence-corrected chi connectivity index (χ4v) is 2.17. The highest BCUT2D eigenvalue weighted by Gasteiger charge is 2.40. The second-order valence-electron chi connectivity index (χ2n) is 5.23. The van der Waals surface area contributed by atoms with Gasteiger partial charge >= 0.3 is 0 Å². The standard InChI is InChI=1S/C13H27NO/c1-3-12(2)7-5-4-6-8-13(9-10-13)14-11-15/h12,14-15H,3-11H2,1-2H3. The molecule has 2 N–H and O–H groups in total. The summed E-state index contributed by atoms with van der Waals surface area (Å²) in [6.45, 7) is 4.76. The lowest BCUT2D eigenvalue weighted by atomic mass is 9.99. The van der Waals surface area contributed by atoms with E-state index in [4.69, 9.17) is 5.11 Å². The third-order valence-electron chi connectivity index (χ3n) is 3.86. The molecular weight excluding hydrogens is 186 g/mol. The molecule has 0 aromatic heterocycles. The SMILES string of the molecule is CCC(C)CCCCCC1(NCO)CC1. The van der Waals surface area contributed by atoms with Gasteiger partial charge in [-0.3, -0.25) is 5.32 Å². The van der Waals surface area contributed by atoms with Gasteiger partial charge in [0.1, 0.15) is 0 Å². The second-order valence-corrected chi connectivity index (χ2v) is 5.23. The first-order chi connectivity index (χ1) is 7.22. The Morgan fingerprint density at radius 1 is 1.27 bits per heavy atom. The smallest absolute Gasteiger partial charge is 0.0935 e. The van der Waals surface area contributed by atoms with E-state index in [1.807, 2.05) is 0 Å². The van der Waals surface area contributed by atoms with Crippen molar-refractivity contribution in [2.45, 2.75) is 70.8 Å². The highest BCUT2D eigenvalue weighted by molar-refractivity contribution is 5.00. The summed E-state index contributed by atoms with van der Waals surface area (Å²) in [5.74, 6) is 0.899. The van der Waals surface area contributed by atoms with E-state index in [0.29, 0.717) is 5.54 Å². The molecule has 1 saturated carbocycles. The summed E-state index contributed by atoms with van der Waals surface area (Å²) in [4.78, 5) is 0. The largest absolute Gasteiger partial charge is 0.381 e. The second kappa shape index (κ2) is 6.49. The van der Waals surface area contributed by atoms with Gasteiger partial charge in [-0.15, -0.1) is 0 Å². The average Bonchev–Trinajstić information content (AvgIpc) is 2.98. The van der Waals surface area contributed by atoms with Crippen molar-refractivity contribution in [2.24, 2.45) is 5.92 Å². The Balaban J connectivity index is 1.93. The van der Waals surface area contributed by atoms with Gasteiger partial charge in [-0.05, 0) is 25.2 Å². The molecule has 1 aliphatic carbocycles. The first kappa shape index (κ1) is 13.0. The van der Waals surface area contributed by atoms with Gasteiger partial charge in [-0.1, -0.05) is 46.0 Å². The van der Waals surface area contributed by atoms with Crippen LogP contribution in [0, 0.1) is 5.92 Å². The molecule has 1 rings (SSSR count). The van der Waals surface area contributed by atoms with Crippen molar-refractivity contribution in [3.8, 4) is 0 Å². The fourth-order valence-electron chi connectivity index (χ4n) is 2.17. The topological polar surface area (TPSA) is 32.3 Å². The molecule has 0 aromatic rings. The van der Waals surface area contributed by atoms with E-state index in [1.165, 1.54) is 51.4 Å². The summed E-state index contributed by atoms with van der Waals surface area (Å²) in [5, 5.41) is 12.0. The van der Waals surface area contributed by atoms with Crippen LogP contribution in [0.5, 0.6) is 0 Å². The Morgan fingerprint density at radius 3 is 2.53 bits per heavy atom. The van der Waals surface area contributed by atoms with Gasteiger partial charge in [0.05, 0.1) is 6.73 Å². The zero-order valence-corrected chi connectivity index (χ0v) is 10.4. The molecule has 0 spiro atoms. The van der Waals surface area contributed by atoms with E-state index in [1.54, 1.807) is 0 Å². The van der Waals surface area contributed by atoms with Crippen LogP contribution in [0.1, 0.15) is 65.2 Å². The quantitative estimate of drug-likeness (QED) is 0.456. The van der Waals surface area contributed by atoms with Crippen LogP contribution in [0.2, 0.25) is 0 Å². The first-order valence-corrected chi connectivity index (χ1v) is 6.58. The van der Waals surface area contributed by atoms with Crippen molar-refractivity contribution in [1.29, 1.82) is 0 Å². The lowest BCUT2D eigenvalue weighted by Crippen LogP contribution is -2.31. The molecule has 0 heterocycles. The zero-order chi connectivity index (χ0) is 11.1. The molecule has 0 aromatic carbocycles. The summed E-state index contributed by atoms with van der Waals surface area (Å²) < 4.78 is 0. The van der Waals surface area contributed by atoms with Crippen LogP contribution in [0.4, 0.5) is 0 Å². The molecule has 0 amide bonds. The number of hydrogen-bond acceptors (Lipinski definition) is 2. The minimum Gasteiger partial charge on any atom is -0.381 e. The number of hydrogen-bond donors (Lipinski definition) is 2. The predicted molar refractivity (Wildman–Crippen MR) is 64.7 cm³/mol. The van der Waals surface area contributed by atoms with E-state index in [9.17, 15) is 0 Å². The summed E-state index contributed by atoms with van der Waals surface area (Å²) in [5.41, 5.74) is 0.338. The molecule has 0 bridgehead atoms. The Kier molecular flexibility index (Phi) is 5.62. The summed E-state index contributed by atoms with van der Waals surface area (Å²) in [6, 6.07) is 0. The van der Waals surface area contributed by atoms with Crippen LogP contribution in [0.3, 0.4) is 0 Å². The third-order valence-corrected chi connectivity index (χ3v) is 3.86. The number of rotatable bonds is 9. The molecule has 0 radical (unpaired) electrons. The third kappa shape index (κ3) is 4.98.